The van der Waals surface area contributed by atoms with Crippen LogP contribution in [0.5, 0.6) is 0 Å². The van der Waals surface area contributed by atoms with Gasteiger partial charge < -0.3 is 15.5 Å². The Bertz CT molecular complexity index is 639. The minimum Gasteiger partial charge on any atom is -0.480 e. The summed E-state index contributed by atoms with van der Waals surface area (Å²) in [6, 6.07) is 0.861. The minimum absolute atomic E-state index is 0.455. The summed E-state index contributed by atoms with van der Waals surface area (Å²) in [5, 5.41) is 22.3. The predicted molar refractivity (Wildman–Crippen MR) is 78.3 cm³/mol. The van der Waals surface area contributed by atoms with Gasteiger partial charge in [0.05, 0.1) is 11.5 Å². The average Bonchev–Trinajstić information content (AvgIpc) is 2.77. The topological polar surface area (TPSA) is 95.3 Å². The van der Waals surface area contributed by atoms with Crippen molar-refractivity contribution in [1.29, 1.82) is 0 Å². The molecule has 0 radical (unpaired) electrons. The van der Waals surface area contributed by atoms with Gasteiger partial charge in [-0.15, -0.1) is 11.3 Å². The van der Waals surface area contributed by atoms with Crippen LogP contribution < -0.4 is 5.32 Å². The highest BCUT2D eigenvalue weighted by Gasteiger charge is 2.24. The van der Waals surface area contributed by atoms with Gasteiger partial charge in [-0.25, -0.2) is 14.8 Å². The molecule has 2 aromatic heterocycles. The second kappa shape index (κ2) is 5.72. The number of aliphatic hydroxyl groups is 1. The van der Waals surface area contributed by atoms with Crippen LogP contribution in [0, 0.1) is 6.92 Å². The molecule has 7 heteroatoms. The molecule has 0 aliphatic rings. The number of rotatable bonds is 5. The number of thiophene rings is 1. The Hall–Kier alpha value is -1.73. The van der Waals surface area contributed by atoms with Crippen molar-refractivity contribution in [3.8, 4) is 0 Å². The second-order valence-electron chi connectivity index (χ2n) is 4.61. The molecule has 2 atom stereocenters. The van der Waals surface area contributed by atoms with Gasteiger partial charge in [0.1, 0.15) is 16.5 Å². The summed E-state index contributed by atoms with van der Waals surface area (Å²) in [5.41, 5.74) is 0. The van der Waals surface area contributed by atoms with Crippen LogP contribution in [0.2, 0.25) is 0 Å². The largest absolute Gasteiger partial charge is 0.480 e. The highest BCUT2D eigenvalue weighted by atomic mass is 32.1. The molecule has 0 spiro atoms. The first-order chi connectivity index (χ1) is 9.42. The predicted octanol–water partition coefficient (Wildman–Crippen LogP) is 1.81. The average molecular weight is 295 g/mol. The fourth-order valence-corrected chi connectivity index (χ4v) is 2.91. The summed E-state index contributed by atoms with van der Waals surface area (Å²) < 4.78 is 0. The van der Waals surface area contributed by atoms with Crippen LogP contribution in [-0.2, 0) is 11.2 Å². The lowest BCUT2D eigenvalue weighted by Gasteiger charge is -2.18. The van der Waals surface area contributed by atoms with Gasteiger partial charge in [0.15, 0.2) is 6.04 Å². The van der Waals surface area contributed by atoms with Crippen LogP contribution in [0.25, 0.3) is 10.2 Å². The lowest BCUT2D eigenvalue weighted by Crippen LogP contribution is -2.39. The van der Waals surface area contributed by atoms with Crippen molar-refractivity contribution in [3.63, 3.8) is 0 Å². The third-order valence-corrected chi connectivity index (χ3v) is 4.12. The number of fused-ring (bicyclic) bond motifs is 1. The molecule has 0 aromatic carbocycles. The Labute approximate surface area is 120 Å². The number of aromatic nitrogens is 2. The smallest absolute Gasteiger partial charge is 0.328 e. The molecule has 0 amide bonds. The van der Waals surface area contributed by atoms with Gasteiger partial charge in [0.25, 0.3) is 0 Å². The molecule has 2 aromatic rings. The van der Waals surface area contributed by atoms with Crippen LogP contribution in [0.4, 0.5) is 5.82 Å². The van der Waals surface area contributed by atoms with E-state index >= 15 is 0 Å². The second-order valence-corrected chi connectivity index (χ2v) is 5.72. The molecule has 2 unspecified atom stereocenters. The molecule has 3 N–H and O–H groups in total. The van der Waals surface area contributed by atoms with E-state index in [4.69, 9.17) is 5.11 Å². The molecular formula is C13H17N3O3S. The zero-order valence-electron chi connectivity index (χ0n) is 11.5. The maximum Gasteiger partial charge on any atom is 0.328 e. The van der Waals surface area contributed by atoms with Crippen molar-refractivity contribution >= 4 is 33.3 Å². The van der Waals surface area contributed by atoms with Crippen molar-refractivity contribution in [1.82, 2.24) is 9.97 Å². The minimum atomic E-state index is -1.12. The number of carbonyl (C=O) groups is 1. The summed E-state index contributed by atoms with van der Waals surface area (Å²) in [6.45, 7) is 5.24. The quantitative estimate of drug-likeness (QED) is 0.778. The van der Waals surface area contributed by atoms with Gasteiger partial charge in [-0.05, 0) is 26.3 Å². The lowest BCUT2D eigenvalue weighted by atomic mass is 10.2. The van der Waals surface area contributed by atoms with Gasteiger partial charge >= 0.3 is 5.97 Å². The summed E-state index contributed by atoms with van der Waals surface area (Å²) in [6.07, 6.45) is -0.139. The summed E-state index contributed by atoms with van der Waals surface area (Å²) in [5.74, 6) is -0.0913. The third kappa shape index (κ3) is 2.88. The Balaban J connectivity index is 2.47. The van der Waals surface area contributed by atoms with E-state index in [9.17, 15) is 9.90 Å². The van der Waals surface area contributed by atoms with Gasteiger partial charge in [0.2, 0.25) is 0 Å². The number of hydrogen-bond acceptors (Lipinski definition) is 6. The number of carboxylic acids is 1. The molecule has 2 rings (SSSR count). The fraction of sp³-hybridized carbons (Fsp3) is 0.462. The van der Waals surface area contributed by atoms with Crippen LogP contribution in [-0.4, -0.2) is 38.3 Å². The summed E-state index contributed by atoms with van der Waals surface area (Å²) in [7, 11) is 0. The number of anilines is 1. The number of aliphatic carboxylic acids is 1. The molecule has 20 heavy (non-hydrogen) atoms. The van der Waals surface area contributed by atoms with Crippen molar-refractivity contribution in [2.24, 2.45) is 0 Å². The summed E-state index contributed by atoms with van der Waals surface area (Å²) >= 11 is 1.57. The highest BCUT2D eigenvalue weighted by Crippen LogP contribution is 2.29. The Morgan fingerprint density at radius 3 is 2.75 bits per heavy atom. The van der Waals surface area contributed by atoms with Gasteiger partial charge in [-0.2, -0.15) is 0 Å². The maximum atomic E-state index is 11.2. The van der Waals surface area contributed by atoms with Gasteiger partial charge in [-0.1, -0.05) is 6.92 Å². The number of hydrogen-bond donors (Lipinski definition) is 3. The van der Waals surface area contributed by atoms with E-state index in [0.29, 0.717) is 11.6 Å². The first-order valence-corrected chi connectivity index (χ1v) is 7.18. The summed E-state index contributed by atoms with van der Waals surface area (Å²) in [4.78, 5) is 21.8. The Kier molecular flexibility index (Phi) is 4.20. The van der Waals surface area contributed by atoms with Gasteiger partial charge in [0, 0.05) is 4.88 Å². The molecule has 0 saturated heterocycles. The van der Waals surface area contributed by atoms with E-state index in [-0.39, 0.29) is 0 Å². The highest BCUT2D eigenvalue weighted by molar-refractivity contribution is 7.18. The molecule has 0 aliphatic heterocycles. The molecule has 2 heterocycles. The van der Waals surface area contributed by atoms with E-state index in [2.05, 4.69) is 15.3 Å². The zero-order chi connectivity index (χ0) is 14.9. The molecule has 108 valence electrons. The van der Waals surface area contributed by atoms with Crippen LogP contribution in [0.15, 0.2) is 6.07 Å². The standard InChI is InChI=1S/C13H17N3O3S/c1-4-8-5-9-11(14-7(3)15-12(9)20-8)16-10(6(2)17)13(18)19/h5-6,10,17H,4H2,1-3H3,(H,18,19)(H,14,15,16). The molecule has 0 aliphatic carbocycles. The van der Waals surface area contributed by atoms with Crippen molar-refractivity contribution in [2.75, 3.05) is 5.32 Å². The SMILES string of the molecule is CCc1cc2c(NC(C(=O)O)C(C)O)nc(C)nc2s1. The van der Waals surface area contributed by atoms with Crippen molar-refractivity contribution in [2.45, 2.75) is 39.3 Å². The van der Waals surface area contributed by atoms with Crippen LogP contribution >= 0.6 is 11.3 Å². The van der Waals surface area contributed by atoms with Crippen LogP contribution in [0.1, 0.15) is 24.5 Å². The molecule has 0 bridgehead atoms. The number of nitrogens with zero attached hydrogens (tertiary/aromatic N) is 2. The van der Waals surface area contributed by atoms with E-state index in [1.54, 1.807) is 18.3 Å². The van der Waals surface area contributed by atoms with E-state index < -0.39 is 18.1 Å². The van der Waals surface area contributed by atoms with Crippen molar-refractivity contribution < 1.29 is 15.0 Å². The normalized spacial score (nSPS) is 14.2. The van der Waals surface area contributed by atoms with Gasteiger partial charge in [-0.3, -0.25) is 0 Å². The van der Waals surface area contributed by atoms with E-state index in [0.717, 1.165) is 21.5 Å². The number of aryl methyl sites for hydroxylation is 2. The monoisotopic (exact) mass is 295 g/mol. The molecule has 6 nitrogen and oxygen atoms in total. The number of nitrogens with one attached hydrogen (secondary N) is 1. The molecular weight excluding hydrogens is 278 g/mol. The number of carboxylic acid groups (broad SMARTS) is 1. The fourth-order valence-electron chi connectivity index (χ4n) is 1.90. The molecule has 0 saturated carbocycles. The first-order valence-electron chi connectivity index (χ1n) is 6.36. The third-order valence-electron chi connectivity index (χ3n) is 2.94. The Morgan fingerprint density at radius 2 is 2.20 bits per heavy atom. The number of aliphatic hydroxyl groups excluding tert-OH is 1. The van der Waals surface area contributed by atoms with Crippen LogP contribution in [0.3, 0.4) is 0 Å². The Morgan fingerprint density at radius 1 is 1.50 bits per heavy atom. The molecule has 0 fully saturated rings. The zero-order valence-corrected chi connectivity index (χ0v) is 12.4. The van der Waals surface area contributed by atoms with E-state index in [1.807, 2.05) is 13.0 Å². The van der Waals surface area contributed by atoms with E-state index in [1.165, 1.54) is 6.92 Å². The first kappa shape index (κ1) is 14.7. The maximum absolute atomic E-state index is 11.2. The lowest BCUT2D eigenvalue weighted by molar-refractivity contribution is -0.140. The van der Waals surface area contributed by atoms with Crippen molar-refractivity contribution in [3.05, 3.63) is 16.8 Å².